The van der Waals surface area contributed by atoms with Gasteiger partial charge in [-0.1, -0.05) is 0 Å². The summed E-state index contributed by atoms with van der Waals surface area (Å²) < 4.78 is 0. The van der Waals surface area contributed by atoms with Gasteiger partial charge in [0.2, 0.25) is 5.91 Å². The zero-order chi connectivity index (χ0) is 16.9. The molecule has 0 bridgehead atoms. The lowest BCUT2D eigenvalue weighted by atomic mass is 10.0. The van der Waals surface area contributed by atoms with E-state index in [0.29, 0.717) is 12.5 Å². The average molecular weight is 344 g/mol. The lowest BCUT2D eigenvalue weighted by Crippen LogP contribution is -2.48. The number of carbonyl (C=O) groups is 1. The summed E-state index contributed by atoms with van der Waals surface area (Å²) in [6, 6.07) is 4.23. The van der Waals surface area contributed by atoms with Crippen LogP contribution < -0.4 is 0 Å². The molecule has 1 atom stereocenters. The summed E-state index contributed by atoms with van der Waals surface area (Å²) in [5, 5.41) is 2.92. The predicted octanol–water partition coefficient (Wildman–Crippen LogP) is 2.69. The molecular weight excluding hydrogens is 320 g/mol. The summed E-state index contributed by atoms with van der Waals surface area (Å²) >= 11 is 1.57. The van der Waals surface area contributed by atoms with Gasteiger partial charge in [0.05, 0.1) is 12.1 Å². The summed E-state index contributed by atoms with van der Waals surface area (Å²) in [5.74, 6) is 0.199. The van der Waals surface area contributed by atoms with Crippen LogP contribution in [0.5, 0.6) is 0 Å². The summed E-state index contributed by atoms with van der Waals surface area (Å²) in [6.45, 7) is 1.81. The molecule has 1 fully saturated rings. The molecule has 0 saturated carbocycles. The molecule has 0 unspecified atom stereocenters. The molecule has 2 aromatic heterocycles. The topological polar surface area (TPSA) is 49.3 Å². The van der Waals surface area contributed by atoms with Gasteiger partial charge >= 0.3 is 0 Å². The van der Waals surface area contributed by atoms with E-state index in [1.165, 1.54) is 6.42 Å². The SMILES string of the molecule is CN(C)C[C@H]1CCCCN1C(=O)Cc1csc(-c2cccnc2)n1. The first-order valence-electron chi connectivity index (χ1n) is 8.42. The largest absolute Gasteiger partial charge is 0.338 e. The Hall–Kier alpha value is -1.79. The highest BCUT2D eigenvalue weighted by atomic mass is 32.1. The Morgan fingerprint density at radius 1 is 1.42 bits per heavy atom. The van der Waals surface area contributed by atoms with Crippen LogP contribution in [0.3, 0.4) is 0 Å². The molecule has 0 spiro atoms. The molecule has 3 heterocycles. The highest BCUT2D eigenvalue weighted by Crippen LogP contribution is 2.24. The first kappa shape index (κ1) is 17.0. The average Bonchev–Trinajstić information content (AvgIpc) is 3.04. The molecule has 0 aliphatic carbocycles. The number of pyridine rings is 1. The van der Waals surface area contributed by atoms with Crippen LogP contribution in [0.15, 0.2) is 29.9 Å². The van der Waals surface area contributed by atoms with Crippen molar-refractivity contribution in [3.05, 3.63) is 35.6 Å². The van der Waals surface area contributed by atoms with Crippen LogP contribution in [-0.2, 0) is 11.2 Å². The van der Waals surface area contributed by atoms with Gasteiger partial charge in [-0.25, -0.2) is 4.98 Å². The quantitative estimate of drug-likeness (QED) is 0.837. The Labute approximate surface area is 147 Å². The second-order valence-corrected chi connectivity index (χ2v) is 7.42. The fourth-order valence-electron chi connectivity index (χ4n) is 3.21. The van der Waals surface area contributed by atoms with E-state index in [0.717, 1.165) is 42.2 Å². The number of likely N-dealkylation sites (N-methyl/N-ethyl adjacent to an activating group) is 1. The first-order valence-corrected chi connectivity index (χ1v) is 9.30. The second-order valence-electron chi connectivity index (χ2n) is 6.56. The van der Waals surface area contributed by atoms with E-state index < -0.39 is 0 Å². The lowest BCUT2D eigenvalue weighted by molar-refractivity contribution is -0.134. The molecule has 0 radical (unpaired) electrons. The van der Waals surface area contributed by atoms with Crippen molar-refractivity contribution in [1.29, 1.82) is 0 Å². The molecule has 128 valence electrons. The maximum absolute atomic E-state index is 12.8. The van der Waals surface area contributed by atoms with Gasteiger partial charge in [-0.2, -0.15) is 0 Å². The Bertz CT molecular complexity index is 671. The van der Waals surface area contributed by atoms with Crippen molar-refractivity contribution in [2.75, 3.05) is 27.2 Å². The van der Waals surface area contributed by atoms with E-state index in [1.54, 1.807) is 17.5 Å². The third-order valence-electron chi connectivity index (χ3n) is 4.32. The smallest absolute Gasteiger partial charge is 0.228 e. The van der Waals surface area contributed by atoms with Crippen molar-refractivity contribution >= 4 is 17.2 Å². The van der Waals surface area contributed by atoms with Crippen molar-refractivity contribution in [1.82, 2.24) is 19.8 Å². The van der Waals surface area contributed by atoms with Crippen LogP contribution >= 0.6 is 11.3 Å². The second kappa shape index (κ2) is 7.85. The number of carbonyl (C=O) groups excluding carboxylic acids is 1. The fourth-order valence-corrected chi connectivity index (χ4v) is 4.02. The molecule has 24 heavy (non-hydrogen) atoms. The predicted molar refractivity (Wildman–Crippen MR) is 97.0 cm³/mol. The number of aromatic nitrogens is 2. The Morgan fingerprint density at radius 3 is 3.04 bits per heavy atom. The summed E-state index contributed by atoms with van der Waals surface area (Å²) in [4.78, 5) is 25.7. The molecule has 1 amide bonds. The van der Waals surface area contributed by atoms with Gasteiger partial charge in [0.15, 0.2) is 0 Å². The molecule has 1 aliphatic heterocycles. The molecule has 2 aromatic rings. The molecule has 1 saturated heterocycles. The Morgan fingerprint density at radius 2 is 2.29 bits per heavy atom. The molecule has 0 aromatic carbocycles. The number of hydrogen-bond donors (Lipinski definition) is 0. The number of hydrogen-bond acceptors (Lipinski definition) is 5. The van der Waals surface area contributed by atoms with Crippen molar-refractivity contribution in [2.24, 2.45) is 0 Å². The van der Waals surface area contributed by atoms with E-state index in [4.69, 9.17) is 0 Å². The Balaban J connectivity index is 1.67. The van der Waals surface area contributed by atoms with Crippen LogP contribution in [0.4, 0.5) is 0 Å². The van der Waals surface area contributed by atoms with Crippen molar-refractivity contribution in [2.45, 2.75) is 31.7 Å². The minimum Gasteiger partial charge on any atom is -0.338 e. The molecule has 5 nitrogen and oxygen atoms in total. The highest BCUT2D eigenvalue weighted by Gasteiger charge is 2.27. The van der Waals surface area contributed by atoms with Gasteiger partial charge in [0.1, 0.15) is 5.01 Å². The van der Waals surface area contributed by atoms with Crippen LogP contribution in [0, 0.1) is 0 Å². The van der Waals surface area contributed by atoms with Crippen LogP contribution in [-0.4, -0.2) is 58.9 Å². The van der Waals surface area contributed by atoms with Crippen molar-refractivity contribution in [3.63, 3.8) is 0 Å². The number of nitrogens with zero attached hydrogens (tertiary/aromatic N) is 4. The van der Waals surface area contributed by atoms with Gasteiger partial charge in [-0.05, 0) is 45.5 Å². The van der Waals surface area contributed by atoms with Gasteiger partial charge < -0.3 is 9.80 Å². The summed E-state index contributed by atoms with van der Waals surface area (Å²) in [5.41, 5.74) is 1.86. The van der Waals surface area contributed by atoms with Gasteiger partial charge in [-0.3, -0.25) is 9.78 Å². The highest BCUT2D eigenvalue weighted by molar-refractivity contribution is 7.13. The number of rotatable bonds is 5. The normalized spacial score (nSPS) is 18.1. The van der Waals surface area contributed by atoms with Crippen molar-refractivity contribution < 1.29 is 4.79 Å². The lowest BCUT2D eigenvalue weighted by Gasteiger charge is -2.37. The molecule has 0 N–H and O–H groups in total. The van der Waals surface area contributed by atoms with E-state index >= 15 is 0 Å². The zero-order valence-corrected chi connectivity index (χ0v) is 15.1. The maximum atomic E-state index is 12.8. The number of piperidine rings is 1. The molecule has 1 aliphatic rings. The van der Waals surface area contributed by atoms with Crippen LogP contribution in [0.2, 0.25) is 0 Å². The minimum absolute atomic E-state index is 0.199. The van der Waals surface area contributed by atoms with Crippen LogP contribution in [0.1, 0.15) is 25.0 Å². The molecular formula is C18H24N4OS. The minimum atomic E-state index is 0.199. The van der Waals surface area contributed by atoms with E-state index in [9.17, 15) is 4.79 Å². The summed E-state index contributed by atoms with van der Waals surface area (Å²) in [7, 11) is 4.13. The van der Waals surface area contributed by atoms with Crippen LogP contribution in [0.25, 0.3) is 10.6 Å². The van der Waals surface area contributed by atoms with Gasteiger partial charge in [-0.15, -0.1) is 11.3 Å². The Kier molecular flexibility index (Phi) is 5.58. The fraction of sp³-hybridized carbons (Fsp3) is 0.500. The monoisotopic (exact) mass is 344 g/mol. The number of likely N-dealkylation sites (tertiary alicyclic amines) is 1. The number of thiazole rings is 1. The van der Waals surface area contributed by atoms with Gasteiger partial charge in [0, 0.05) is 42.5 Å². The first-order chi connectivity index (χ1) is 11.6. The molecule has 6 heteroatoms. The van der Waals surface area contributed by atoms with E-state index in [1.807, 2.05) is 23.7 Å². The number of amides is 1. The summed E-state index contributed by atoms with van der Waals surface area (Å²) in [6.07, 6.45) is 7.37. The van der Waals surface area contributed by atoms with Gasteiger partial charge in [0.25, 0.3) is 0 Å². The third-order valence-corrected chi connectivity index (χ3v) is 5.26. The van der Waals surface area contributed by atoms with E-state index in [-0.39, 0.29) is 5.91 Å². The zero-order valence-electron chi connectivity index (χ0n) is 14.3. The third kappa shape index (κ3) is 4.19. The maximum Gasteiger partial charge on any atom is 0.228 e. The standard InChI is InChI=1S/C18H24N4OS/c1-21(2)12-16-7-3-4-9-22(16)17(23)10-15-13-24-18(20-15)14-6-5-8-19-11-14/h5-6,8,11,13,16H,3-4,7,9-10,12H2,1-2H3/t16-/m1/s1. The van der Waals surface area contributed by atoms with E-state index in [2.05, 4.69) is 33.9 Å². The van der Waals surface area contributed by atoms with Crippen molar-refractivity contribution in [3.8, 4) is 10.6 Å². The molecule has 3 rings (SSSR count).